The van der Waals surface area contributed by atoms with Crippen LogP contribution < -0.4 is 5.32 Å². The molecule has 0 spiro atoms. The average Bonchev–Trinajstić information content (AvgIpc) is 2.30. The van der Waals surface area contributed by atoms with Crippen LogP contribution in [-0.2, 0) is 11.2 Å². The molecule has 90 valence electrons. The summed E-state index contributed by atoms with van der Waals surface area (Å²) < 4.78 is 0. The molecule has 0 bridgehead atoms. The summed E-state index contributed by atoms with van der Waals surface area (Å²) in [7, 11) is 0. The fourth-order valence-electron chi connectivity index (χ4n) is 2.53. The van der Waals surface area contributed by atoms with Gasteiger partial charge in [0.25, 0.3) is 0 Å². The molecule has 0 heterocycles. The van der Waals surface area contributed by atoms with E-state index in [2.05, 4.69) is 29.6 Å². The third-order valence-electron chi connectivity index (χ3n) is 3.22. The van der Waals surface area contributed by atoms with Crippen LogP contribution in [0, 0.1) is 0 Å². The molecule has 1 aliphatic rings. The van der Waals surface area contributed by atoms with Gasteiger partial charge in [-0.05, 0) is 31.2 Å². The molecular formula is C15H19NO. The Bertz CT molecular complexity index is 410. The van der Waals surface area contributed by atoms with Crippen molar-refractivity contribution in [1.29, 1.82) is 0 Å². The lowest BCUT2D eigenvalue weighted by molar-refractivity contribution is -0.120. The molecule has 0 aliphatic heterocycles. The number of hydrogen-bond donors (Lipinski definition) is 1. The third kappa shape index (κ3) is 3.19. The summed E-state index contributed by atoms with van der Waals surface area (Å²) >= 11 is 0. The van der Waals surface area contributed by atoms with E-state index in [0.717, 1.165) is 25.7 Å². The molecule has 1 unspecified atom stereocenters. The van der Waals surface area contributed by atoms with Crippen LogP contribution in [-0.4, -0.2) is 11.4 Å². The number of nitrogens with one attached hydrogen (secondary N) is 1. The number of amides is 1. The Morgan fingerprint density at radius 3 is 2.71 bits per heavy atom. The fraction of sp³-hybridized carbons (Fsp3) is 0.400. The number of carbonyl (C=O) groups is 1. The van der Waals surface area contributed by atoms with Crippen LogP contribution in [0.5, 0.6) is 0 Å². The van der Waals surface area contributed by atoms with Gasteiger partial charge in [0.05, 0.1) is 5.54 Å². The Morgan fingerprint density at radius 2 is 2.12 bits per heavy atom. The van der Waals surface area contributed by atoms with E-state index in [1.165, 1.54) is 5.56 Å². The second-order valence-corrected chi connectivity index (χ2v) is 4.79. The van der Waals surface area contributed by atoms with Crippen molar-refractivity contribution in [1.82, 2.24) is 5.32 Å². The minimum absolute atomic E-state index is 0.0486. The molecule has 17 heavy (non-hydrogen) atoms. The molecule has 1 aromatic rings. The van der Waals surface area contributed by atoms with Gasteiger partial charge in [0.2, 0.25) is 5.91 Å². The van der Waals surface area contributed by atoms with Crippen molar-refractivity contribution in [2.45, 2.75) is 38.1 Å². The maximum Gasteiger partial charge on any atom is 0.217 e. The van der Waals surface area contributed by atoms with Gasteiger partial charge in [-0.2, -0.15) is 0 Å². The van der Waals surface area contributed by atoms with Crippen LogP contribution in [0.4, 0.5) is 0 Å². The molecular weight excluding hydrogens is 210 g/mol. The minimum atomic E-state index is -0.175. The number of hydrogen-bond acceptors (Lipinski definition) is 1. The van der Waals surface area contributed by atoms with Gasteiger partial charge >= 0.3 is 0 Å². The van der Waals surface area contributed by atoms with Crippen molar-refractivity contribution in [3.8, 4) is 0 Å². The predicted molar refractivity (Wildman–Crippen MR) is 69.7 cm³/mol. The summed E-state index contributed by atoms with van der Waals surface area (Å²) in [6.07, 6.45) is 8.52. The zero-order chi connectivity index (χ0) is 12.1. The lowest BCUT2D eigenvalue weighted by atomic mass is 9.82. The second kappa shape index (κ2) is 5.17. The van der Waals surface area contributed by atoms with Crippen molar-refractivity contribution in [2.24, 2.45) is 0 Å². The van der Waals surface area contributed by atoms with E-state index in [9.17, 15) is 4.79 Å². The first-order chi connectivity index (χ1) is 8.20. The van der Waals surface area contributed by atoms with E-state index in [-0.39, 0.29) is 11.4 Å². The van der Waals surface area contributed by atoms with Crippen molar-refractivity contribution in [2.75, 3.05) is 0 Å². The van der Waals surface area contributed by atoms with E-state index >= 15 is 0 Å². The maximum atomic E-state index is 11.4. The van der Waals surface area contributed by atoms with Crippen molar-refractivity contribution < 1.29 is 4.79 Å². The second-order valence-electron chi connectivity index (χ2n) is 4.79. The fourth-order valence-corrected chi connectivity index (χ4v) is 2.53. The Labute approximate surface area is 103 Å². The van der Waals surface area contributed by atoms with Gasteiger partial charge in [-0.15, -0.1) is 0 Å². The summed E-state index contributed by atoms with van der Waals surface area (Å²) in [4.78, 5) is 11.4. The molecule has 0 radical (unpaired) electrons. The van der Waals surface area contributed by atoms with E-state index in [4.69, 9.17) is 0 Å². The molecule has 0 aromatic heterocycles. The molecule has 1 N–H and O–H groups in total. The normalized spacial score (nSPS) is 23.4. The van der Waals surface area contributed by atoms with E-state index in [1.807, 2.05) is 18.2 Å². The maximum absolute atomic E-state index is 11.4. The molecule has 1 amide bonds. The Morgan fingerprint density at radius 1 is 1.35 bits per heavy atom. The Balaban J connectivity index is 2.19. The van der Waals surface area contributed by atoms with Crippen molar-refractivity contribution in [3.05, 3.63) is 48.0 Å². The van der Waals surface area contributed by atoms with Gasteiger partial charge in [-0.1, -0.05) is 42.5 Å². The van der Waals surface area contributed by atoms with Crippen LogP contribution in [0.25, 0.3) is 0 Å². The quantitative estimate of drug-likeness (QED) is 0.793. The summed E-state index contributed by atoms with van der Waals surface area (Å²) in [6.45, 7) is 1.59. The first-order valence-corrected chi connectivity index (χ1v) is 6.21. The van der Waals surface area contributed by atoms with E-state index in [1.54, 1.807) is 6.92 Å². The van der Waals surface area contributed by atoms with Gasteiger partial charge in [0, 0.05) is 6.92 Å². The largest absolute Gasteiger partial charge is 0.347 e. The number of carbonyl (C=O) groups excluding carboxylic acids is 1. The molecule has 2 heteroatoms. The van der Waals surface area contributed by atoms with Crippen LogP contribution in [0.1, 0.15) is 31.7 Å². The van der Waals surface area contributed by atoms with Gasteiger partial charge < -0.3 is 5.32 Å². The molecule has 1 aliphatic carbocycles. The molecule has 2 nitrogen and oxygen atoms in total. The number of allylic oxidation sites excluding steroid dienone is 1. The summed E-state index contributed by atoms with van der Waals surface area (Å²) in [5.41, 5.74) is 1.10. The monoisotopic (exact) mass is 229 g/mol. The van der Waals surface area contributed by atoms with Gasteiger partial charge in [0.15, 0.2) is 0 Å². The van der Waals surface area contributed by atoms with Crippen LogP contribution >= 0.6 is 0 Å². The molecule has 0 saturated heterocycles. The first-order valence-electron chi connectivity index (χ1n) is 6.21. The van der Waals surface area contributed by atoms with Gasteiger partial charge in [0.1, 0.15) is 0 Å². The molecule has 1 atom stereocenters. The minimum Gasteiger partial charge on any atom is -0.347 e. The highest BCUT2D eigenvalue weighted by Gasteiger charge is 2.29. The highest BCUT2D eigenvalue weighted by Crippen LogP contribution is 2.26. The topological polar surface area (TPSA) is 29.1 Å². The summed E-state index contributed by atoms with van der Waals surface area (Å²) in [5.74, 6) is 0.0486. The van der Waals surface area contributed by atoms with Crippen LogP contribution in [0.3, 0.4) is 0 Å². The molecule has 2 rings (SSSR count). The van der Waals surface area contributed by atoms with Crippen LogP contribution in [0.2, 0.25) is 0 Å². The zero-order valence-electron chi connectivity index (χ0n) is 10.3. The summed E-state index contributed by atoms with van der Waals surface area (Å²) in [6, 6.07) is 10.3. The van der Waals surface area contributed by atoms with E-state index in [0.29, 0.717) is 0 Å². The highest BCUT2D eigenvalue weighted by molar-refractivity contribution is 5.74. The first kappa shape index (κ1) is 11.9. The van der Waals surface area contributed by atoms with Gasteiger partial charge in [-0.3, -0.25) is 4.79 Å². The summed E-state index contributed by atoms with van der Waals surface area (Å²) in [5, 5.41) is 3.12. The standard InChI is InChI=1S/C15H19NO/c1-13(17)16-15(10-6-3-7-11-15)12-14-8-4-2-5-9-14/h2,4-6,8-10H,3,7,11-12H2,1H3,(H,16,17). The SMILES string of the molecule is CC(=O)NC1(Cc2ccccc2)C=CCCC1. The van der Waals surface area contributed by atoms with Crippen LogP contribution in [0.15, 0.2) is 42.5 Å². The van der Waals surface area contributed by atoms with Crippen molar-refractivity contribution in [3.63, 3.8) is 0 Å². The lowest BCUT2D eigenvalue weighted by Gasteiger charge is -2.34. The average molecular weight is 229 g/mol. The molecule has 0 fully saturated rings. The smallest absolute Gasteiger partial charge is 0.217 e. The number of benzene rings is 1. The number of rotatable bonds is 3. The zero-order valence-corrected chi connectivity index (χ0v) is 10.3. The highest BCUT2D eigenvalue weighted by atomic mass is 16.1. The lowest BCUT2D eigenvalue weighted by Crippen LogP contribution is -2.48. The van der Waals surface area contributed by atoms with Crippen molar-refractivity contribution >= 4 is 5.91 Å². The predicted octanol–water partition coefficient (Wildman–Crippen LogP) is 2.84. The van der Waals surface area contributed by atoms with Gasteiger partial charge in [-0.25, -0.2) is 0 Å². The Hall–Kier alpha value is -1.57. The third-order valence-corrected chi connectivity index (χ3v) is 3.22. The Kier molecular flexibility index (Phi) is 3.62. The van der Waals surface area contributed by atoms with E-state index < -0.39 is 0 Å². The molecule has 1 aromatic carbocycles. The molecule has 0 saturated carbocycles.